The van der Waals surface area contributed by atoms with Gasteiger partial charge in [-0.25, -0.2) is 0 Å². The summed E-state index contributed by atoms with van der Waals surface area (Å²) in [7, 11) is 2.97. The van der Waals surface area contributed by atoms with Gasteiger partial charge in [0.15, 0.2) is 11.5 Å². The van der Waals surface area contributed by atoms with Crippen LogP contribution in [0.3, 0.4) is 0 Å². The number of amides is 1. The summed E-state index contributed by atoms with van der Waals surface area (Å²) in [6.07, 6.45) is 1.55. The first-order chi connectivity index (χ1) is 9.65. The summed E-state index contributed by atoms with van der Waals surface area (Å²) in [5, 5.41) is 3.04. The van der Waals surface area contributed by atoms with Gasteiger partial charge in [0.2, 0.25) is 0 Å². The van der Waals surface area contributed by atoms with Crippen molar-refractivity contribution in [1.29, 1.82) is 0 Å². The minimum absolute atomic E-state index is 0.274. The van der Waals surface area contributed by atoms with Crippen LogP contribution < -0.4 is 14.8 Å². The van der Waals surface area contributed by atoms with Gasteiger partial charge in [0.05, 0.1) is 32.1 Å². The lowest BCUT2D eigenvalue weighted by molar-refractivity contribution is 0.0947. The average Bonchev–Trinajstić information content (AvgIpc) is 2.97. The van der Waals surface area contributed by atoms with Gasteiger partial charge in [-0.1, -0.05) is 11.6 Å². The Morgan fingerprint density at radius 1 is 1.35 bits per heavy atom. The lowest BCUT2D eigenvalue weighted by atomic mass is 10.2. The number of carbonyl (C=O) groups excluding carboxylic acids is 1. The zero-order chi connectivity index (χ0) is 14.5. The monoisotopic (exact) mass is 295 g/mol. The number of rotatable bonds is 5. The highest BCUT2D eigenvalue weighted by atomic mass is 35.5. The van der Waals surface area contributed by atoms with Crippen molar-refractivity contribution in [3.8, 4) is 11.5 Å². The Kier molecular flexibility index (Phi) is 4.53. The van der Waals surface area contributed by atoms with E-state index in [2.05, 4.69) is 5.32 Å². The van der Waals surface area contributed by atoms with Gasteiger partial charge in [0.1, 0.15) is 5.76 Å². The zero-order valence-corrected chi connectivity index (χ0v) is 11.9. The molecule has 6 heteroatoms. The molecule has 0 unspecified atom stereocenters. The van der Waals surface area contributed by atoms with Crippen LogP contribution in [0.1, 0.15) is 16.1 Å². The SMILES string of the molecule is COc1cc(C(=O)NCc2ccco2)cc(Cl)c1OC. The Labute approximate surface area is 121 Å². The van der Waals surface area contributed by atoms with Gasteiger partial charge in [0.25, 0.3) is 5.91 Å². The van der Waals surface area contributed by atoms with E-state index in [9.17, 15) is 4.79 Å². The van der Waals surface area contributed by atoms with Gasteiger partial charge in [-0.15, -0.1) is 0 Å². The number of benzene rings is 1. The standard InChI is InChI=1S/C14H14ClNO4/c1-18-12-7-9(6-11(15)13(12)19-2)14(17)16-8-10-4-3-5-20-10/h3-7H,8H2,1-2H3,(H,16,17). The van der Waals surface area contributed by atoms with Crippen molar-refractivity contribution >= 4 is 17.5 Å². The van der Waals surface area contributed by atoms with Gasteiger partial charge in [-0.3, -0.25) is 4.79 Å². The molecule has 0 atom stereocenters. The molecule has 0 fully saturated rings. The van der Waals surface area contributed by atoms with Gasteiger partial charge in [-0.05, 0) is 24.3 Å². The van der Waals surface area contributed by atoms with Crippen LogP contribution in [-0.2, 0) is 6.54 Å². The Morgan fingerprint density at radius 3 is 2.75 bits per heavy atom. The lowest BCUT2D eigenvalue weighted by Crippen LogP contribution is -2.22. The minimum Gasteiger partial charge on any atom is -0.493 e. The number of furan rings is 1. The number of nitrogens with one attached hydrogen (secondary N) is 1. The molecule has 1 aromatic carbocycles. The molecule has 0 bridgehead atoms. The maximum absolute atomic E-state index is 12.1. The smallest absolute Gasteiger partial charge is 0.251 e. The molecule has 106 valence electrons. The van der Waals surface area contributed by atoms with Crippen molar-refractivity contribution in [2.75, 3.05) is 14.2 Å². The van der Waals surface area contributed by atoms with Crippen LogP contribution in [-0.4, -0.2) is 20.1 Å². The highest BCUT2D eigenvalue weighted by Gasteiger charge is 2.15. The first-order valence-corrected chi connectivity index (χ1v) is 6.25. The fourth-order valence-corrected chi connectivity index (χ4v) is 2.02. The van der Waals surface area contributed by atoms with Crippen LogP contribution in [0.4, 0.5) is 0 Å². The van der Waals surface area contributed by atoms with Crippen LogP contribution in [0, 0.1) is 0 Å². The van der Waals surface area contributed by atoms with Crippen molar-refractivity contribution < 1.29 is 18.7 Å². The molecule has 2 rings (SSSR count). The van der Waals surface area contributed by atoms with E-state index in [-0.39, 0.29) is 5.91 Å². The quantitative estimate of drug-likeness (QED) is 0.921. The van der Waals surface area contributed by atoms with E-state index in [1.807, 2.05) is 0 Å². The summed E-state index contributed by atoms with van der Waals surface area (Å²) in [6.45, 7) is 0.303. The molecule has 5 nitrogen and oxygen atoms in total. The van der Waals surface area contributed by atoms with E-state index in [0.29, 0.717) is 34.4 Å². The summed E-state index contributed by atoms with van der Waals surface area (Å²) < 4.78 is 15.4. The number of halogens is 1. The van der Waals surface area contributed by atoms with E-state index in [0.717, 1.165) is 0 Å². The molecule has 1 aromatic heterocycles. The number of hydrogen-bond donors (Lipinski definition) is 1. The fraction of sp³-hybridized carbons (Fsp3) is 0.214. The first-order valence-electron chi connectivity index (χ1n) is 5.87. The van der Waals surface area contributed by atoms with Crippen molar-refractivity contribution in [3.63, 3.8) is 0 Å². The van der Waals surface area contributed by atoms with Crippen LogP contribution in [0.2, 0.25) is 5.02 Å². The van der Waals surface area contributed by atoms with Crippen molar-refractivity contribution in [2.45, 2.75) is 6.54 Å². The molecule has 0 aliphatic carbocycles. The molecule has 0 aliphatic heterocycles. The lowest BCUT2D eigenvalue weighted by Gasteiger charge is -2.11. The molecular weight excluding hydrogens is 282 g/mol. The topological polar surface area (TPSA) is 60.7 Å². The predicted octanol–water partition coefficient (Wildman–Crippen LogP) is 2.88. The number of hydrogen-bond acceptors (Lipinski definition) is 4. The summed E-state index contributed by atoms with van der Waals surface area (Å²) in [6, 6.07) is 6.64. The highest BCUT2D eigenvalue weighted by molar-refractivity contribution is 6.32. The Hall–Kier alpha value is -2.14. The molecular formula is C14H14ClNO4. The average molecular weight is 296 g/mol. The third-order valence-electron chi connectivity index (χ3n) is 2.70. The van der Waals surface area contributed by atoms with Crippen molar-refractivity contribution in [2.24, 2.45) is 0 Å². The van der Waals surface area contributed by atoms with E-state index >= 15 is 0 Å². The molecule has 0 spiro atoms. The van der Waals surface area contributed by atoms with Gasteiger partial charge >= 0.3 is 0 Å². The fourth-order valence-electron chi connectivity index (χ4n) is 1.73. The summed E-state index contributed by atoms with van der Waals surface area (Å²) in [4.78, 5) is 12.1. The second kappa shape index (κ2) is 6.34. The molecule has 0 saturated heterocycles. The van der Waals surface area contributed by atoms with Crippen LogP contribution in [0.25, 0.3) is 0 Å². The van der Waals surface area contributed by atoms with Crippen LogP contribution in [0.5, 0.6) is 11.5 Å². The number of carbonyl (C=O) groups is 1. The molecule has 1 heterocycles. The molecule has 0 aliphatic rings. The highest BCUT2D eigenvalue weighted by Crippen LogP contribution is 2.35. The second-order valence-electron chi connectivity index (χ2n) is 3.96. The first kappa shape index (κ1) is 14.3. The zero-order valence-electron chi connectivity index (χ0n) is 11.1. The third kappa shape index (κ3) is 3.05. The number of ether oxygens (including phenoxy) is 2. The Balaban J connectivity index is 2.15. The van der Waals surface area contributed by atoms with Crippen molar-refractivity contribution in [1.82, 2.24) is 5.32 Å². The molecule has 0 saturated carbocycles. The summed E-state index contributed by atoms with van der Waals surface area (Å²) in [5.41, 5.74) is 0.388. The maximum Gasteiger partial charge on any atom is 0.251 e. The molecule has 2 aromatic rings. The minimum atomic E-state index is -0.274. The molecule has 1 N–H and O–H groups in total. The second-order valence-corrected chi connectivity index (χ2v) is 4.36. The molecule has 20 heavy (non-hydrogen) atoms. The molecule has 1 amide bonds. The van der Waals surface area contributed by atoms with E-state index in [1.165, 1.54) is 20.3 Å². The van der Waals surface area contributed by atoms with Gasteiger partial charge in [-0.2, -0.15) is 0 Å². The normalized spacial score (nSPS) is 10.2. The Bertz CT molecular complexity index is 595. The van der Waals surface area contributed by atoms with Crippen LogP contribution >= 0.6 is 11.6 Å². The van der Waals surface area contributed by atoms with Crippen LogP contribution in [0.15, 0.2) is 34.9 Å². The predicted molar refractivity (Wildman–Crippen MR) is 74.4 cm³/mol. The third-order valence-corrected chi connectivity index (χ3v) is 2.98. The van der Waals surface area contributed by atoms with E-state index in [1.54, 1.807) is 24.5 Å². The van der Waals surface area contributed by atoms with Gasteiger partial charge < -0.3 is 19.2 Å². The largest absolute Gasteiger partial charge is 0.493 e. The van der Waals surface area contributed by atoms with E-state index < -0.39 is 0 Å². The number of methoxy groups -OCH3 is 2. The van der Waals surface area contributed by atoms with Gasteiger partial charge in [0, 0.05) is 5.56 Å². The molecule has 0 radical (unpaired) electrons. The van der Waals surface area contributed by atoms with E-state index in [4.69, 9.17) is 25.5 Å². The Morgan fingerprint density at radius 2 is 2.15 bits per heavy atom. The summed E-state index contributed by atoms with van der Waals surface area (Å²) >= 11 is 6.05. The maximum atomic E-state index is 12.1. The summed E-state index contributed by atoms with van der Waals surface area (Å²) in [5.74, 6) is 1.20. The van der Waals surface area contributed by atoms with Crippen molar-refractivity contribution in [3.05, 3.63) is 46.9 Å².